The van der Waals surface area contributed by atoms with Crippen LogP contribution in [0.3, 0.4) is 0 Å². The highest BCUT2D eigenvalue weighted by atomic mass is 79.9. The van der Waals surface area contributed by atoms with E-state index in [-0.39, 0.29) is 5.75 Å². The molecule has 2 rings (SSSR count). The zero-order valence-corrected chi connectivity index (χ0v) is 8.95. The normalized spacial score (nSPS) is 10.4. The molecule has 72 valence electrons. The van der Waals surface area contributed by atoms with Crippen LogP contribution in [0.2, 0.25) is 0 Å². The fourth-order valence-corrected chi connectivity index (χ4v) is 1.45. The van der Waals surface area contributed by atoms with Gasteiger partial charge in [0, 0.05) is 4.47 Å². The second kappa shape index (κ2) is 3.42. The maximum Gasteiger partial charge on any atom is 0.261 e. The first kappa shape index (κ1) is 9.21. The fourth-order valence-electron chi connectivity index (χ4n) is 1.09. The lowest BCUT2D eigenvalue weighted by molar-refractivity contribution is 0.420. The van der Waals surface area contributed by atoms with E-state index >= 15 is 0 Å². The first-order chi connectivity index (χ1) is 6.66. The zero-order valence-electron chi connectivity index (χ0n) is 7.36. The summed E-state index contributed by atoms with van der Waals surface area (Å²) < 4.78 is 5.79. The van der Waals surface area contributed by atoms with Gasteiger partial charge in [0.1, 0.15) is 5.75 Å². The molecule has 0 aliphatic rings. The number of hydrogen-bond acceptors (Lipinski definition) is 4. The molecule has 0 unspecified atom stereocenters. The second-order valence-electron chi connectivity index (χ2n) is 2.81. The summed E-state index contributed by atoms with van der Waals surface area (Å²) in [4.78, 5) is 4.02. The molecule has 1 N–H and O–H groups in total. The van der Waals surface area contributed by atoms with Crippen molar-refractivity contribution < 1.29 is 9.63 Å². The Morgan fingerprint density at radius 1 is 1.43 bits per heavy atom. The lowest BCUT2D eigenvalue weighted by Gasteiger charge is -1.98. The van der Waals surface area contributed by atoms with Crippen molar-refractivity contribution in [2.45, 2.75) is 6.92 Å². The molecule has 0 saturated heterocycles. The van der Waals surface area contributed by atoms with Crippen LogP contribution in [0.1, 0.15) is 5.82 Å². The topological polar surface area (TPSA) is 59.2 Å². The van der Waals surface area contributed by atoms with Gasteiger partial charge in [-0.1, -0.05) is 21.1 Å². The number of phenolic OH excluding ortho intramolecular Hbond substituents is 1. The maximum absolute atomic E-state index is 9.55. The molecule has 0 bridgehead atoms. The molecular formula is C9H7BrN2O2. The third-order valence-corrected chi connectivity index (χ3v) is 2.21. The van der Waals surface area contributed by atoms with Crippen LogP contribution < -0.4 is 0 Å². The van der Waals surface area contributed by atoms with Gasteiger partial charge in [-0.3, -0.25) is 0 Å². The molecule has 0 aliphatic carbocycles. The molecule has 1 heterocycles. The summed E-state index contributed by atoms with van der Waals surface area (Å²) in [6.45, 7) is 1.72. The van der Waals surface area contributed by atoms with Gasteiger partial charge in [-0.15, -0.1) is 0 Å². The Morgan fingerprint density at radius 2 is 2.21 bits per heavy atom. The lowest BCUT2D eigenvalue weighted by atomic mass is 10.2. The van der Waals surface area contributed by atoms with Gasteiger partial charge in [0.25, 0.3) is 5.89 Å². The highest BCUT2D eigenvalue weighted by Gasteiger charge is 2.11. The van der Waals surface area contributed by atoms with Crippen molar-refractivity contribution in [3.63, 3.8) is 0 Å². The largest absolute Gasteiger partial charge is 0.507 e. The summed E-state index contributed by atoms with van der Waals surface area (Å²) in [7, 11) is 0. The molecule has 2 aromatic rings. The minimum atomic E-state index is 0.122. The van der Waals surface area contributed by atoms with Crippen molar-refractivity contribution in [2.24, 2.45) is 0 Å². The molecule has 14 heavy (non-hydrogen) atoms. The van der Waals surface area contributed by atoms with Crippen molar-refractivity contribution in [1.29, 1.82) is 0 Å². The van der Waals surface area contributed by atoms with Crippen LogP contribution in [0.15, 0.2) is 27.2 Å². The summed E-state index contributed by atoms with van der Waals surface area (Å²) in [5.74, 6) is 0.984. The van der Waals surface area contributed by atoms with Gasteiger partial charge in [0.15, 0.2) is 5.82 Å². The van der Waals surface area contributed by atoms with Crippen LogP contribution in [0.4, 0.5) is 0 Å². The van der Waals surface area contributed by atoms with Gasteiger partial charge in [-0.2, -0.15) is 4.98 Å². The average molecular weight is 255 g/mol. The number of aryl methyl sites for hydroxylation is 1. The van der Waals surface area contributed by atoms with Gasteiger partial charge < -0.3 is 9.63 Å². The Hall–Kier alpha value is -1.36. The highest BCUT2D eigenvalue weighted by molar-refractivity contribution is 9.10. The lowest BCUT2D eigenvalue weighted by Crippen LogP contribution is -1.79. The first-order valence-electron chi connectivity index (χ1n) is 3.96. The van der Waals surface area contributed by atoms with Crippen LogP contribution in [-0.2, 0) is 0 Å². The Bertz CT molecular complexity index is 468. The van der Waals surface area contributed by atoms with E-state index in [9.17, 15) is 5.11 Å². The Morgan fingerprint density at radius 3 is 2.86 bits per heavy atom. The molecule has 0 fully saturated rings. The van der Waals surface area contributed by atoms with E-state index in [4.69, 9.17) is 4.52 Å². The average Bonchev–Trinajstić information content (AvgIpc) is 2.56. The van der Waals surface area contributed by atoms with E-state index < -0.39 is 0 Å². The van der Waals surface area contributed by atoms with Gasteiger partial charge in [-0.05, 0) is 25.1 Å². The molecule has 1 aromatic heterocycles. The van der Waals surface area contributed by atoms with Crippen molar-refractivity contribution >= 4 is 15.9 Å². The third kappa shape index (κ3) is 1.63. The zero-order chi connectivity index (χ0) is 10.1. The van der Waals surface area contributed by atoms with E-state index in [1.807, 2.05) is 0 Å². The quantitative estimate of drug-likeness (QED) is 0.850. The van der Waals surface area contributed by atoms with Crippen LogP contribution in [0.5, 0.6) is 5.75 Å². The minimum absolute atomic E-state index is 0.122. The number of nitrogens with zero attached hydrogens (tertiary/aromatic N) is 2. The van der Waals surface area contributed by atoms with Gasteiger partial charge in [0.05, 0.1) is 5.56 Å². The molecule has 1 aromatic carbocycles. The summed E-state index contributed by atoms with van der Waals surface area (Å²) in [5.41, 5.74) is 0.528. The number of rotatable bonds is 1. The van der Waals surface area contributed by atoms with E-state index in [1.165, 1.54) is 0 Å². The summed E-state index contributed by atoms with van der Waals surface area (Å²) in [6, 6.07) is 5.03. The van der Waals surface area contributed by atoms with Crippen molar-refractivity contribution in [1.82, 2.24) is 10.1 Å². The summed E-state index contributed by atoms with van der Waals surface area (Å²) in [5, 5.41) is 13.2. The fraction of sp³-hybridized carbons (Fsp3) is 0.111. The molecule has 0 amide bonds. The summed E-state index contributed by atoms with van der Waals surface area (Å²) >= 11 is 3.30. The molecule has 0 saturated carbocycles. The van der Waals surface area contributed by atoms with Crippen LogP contribution >= 0.6 is 15.9 Å². The third-order valence-electron chi connectivity index (χ3n) is 1.72. The van der Waals surface area contributed by atoms with E-state index in [1.54, 1.807) is 25.1 Å². The first-order valence-corrected chi connectivity index (χ1v) is 4.75. The molecule has 5 heteroatoms. The molecule has 4 nitrogen and oxygen atoms in total. The molecular weight excluding hydrogens is 248 g/mol. The van der Waals surface area contributed by atoms with Gasteiger partial charge in [0.2, 0.25) is 0 Å². The smallest absolute Gasteiger partial charge is 0.261 e. The number of aromatic hydroxyl groups is 1. The van der Waals surface area contributed by atoms with Crippen LogP contribution in [-0.4, -0.2) is 15.2 Å². The Labute approximate surface area is 88.7 Å². The van der Waals surface area contributed by atoms with E-state index in [2.05, 4.69) is 26.1 Å². The summed E-state index contributed by atoms with van der Waals surface area (Å²) in [6.07, 6.45) is 0. The van der Waals surface area contributed by atoms with Gasteiger partial charge in [-0.25, -0.2) is 0 Å². The number of aromatic nitrogens is 2. The number of benzene rings is 1. The SMILES string of the molecule is Cc1noc(-c2cc(Br)ccc2O)n1. The monoisotopic (exact) mass is 254 g/mol. The Kier molecular flexibility index (Phi) is 2.25. The van der Waals surface area contributed by atoms with E-state index in [0.29, 0.717) is 17.3 Å². The number of hydrogen-bond donors (Lipinski definition) is 1. The van der Waals surface area contributed by atoms with Gasteiger partial charge >= 0.3 is 0 Å². The molecule has 0 spiro atoms. The maximum atomic E-state index is 9.55. The predicted octanol–water partition coefficient (Wildman–Crippen LogP) is 2.51. The predicted molar refractivity (Wildman–Crippen MR) is 53.8 cm³/mol. The molecule has 0 radical (unpaired) electrons. The number of phenols is 1. The van der Waals surface area contributed by atoms with Crippen molar-refractivity contribution in [2.75, 3.05) is 0 Å². The van der Waals surface area contributed by atoms with Crippen LogP contribution in [0, 0.1) is 6.92 Å². The highest BCUT2D eigenvalue weighted by Crippen LogP contribution is 2.30. The number of halogens is 1. The van der Waals surface area contributed by atoms with Crippen LogP contribution in [0.25, 0.3) is 11.5 Å². The van der Waals surface area contributed by atoms with Crippen molar-refractivity contribution in [3.8, 4) is 17.2 Å². The second-order valence-corrected chi connectivity index (χ2v) is 3.72. The Balaban J connectivity index is 2.55. The minimum Gasteiger partial charge on any atom is -0.507 e. The molecule has 0 atom stereocenters. The standard InChI is InChI=1S/C9H7BrN2O2/c1-5-11-9(14-12-5)7-4-6(10)2-3-8(7)13/h2-4,13H,1H3. The van der Waals surface area contributed by atoms with E-state index in [0.717, 1.165) is 4.47 Å². The van der Waals surface area contributed by atoms with Crippen molar-refractivity contribution in [3.05, 3.63) is 28.5 Å². The molecule has 0 aliphatic heterocycles.